The van der Waals surface area contributed by atoms with Crippen molar-refractivity contribution in [1.82, 2.24) is 14.5 Å². The van der Waals surface area contributed by atoms with Gasteiger partial charge in [-0.05, 0) is 37.3 Å². The zero-order valence-electron chi connectivity index (χ0n) is 12.6. The van der Waals surface area contributed by atoms with Gasteiger partial charge in [-0.15, -0.1) is 0 Å². The number of carbonyl (C=O) groups is 1. The SMILES string of the molecule is COC(=O)CCn1c(-c2ccc(C)nc2)cc2cccnc21. The minimum atomic E-state index is -0.231. The van der Waals surface area contributed by atoms with Crippen LogP contribution in [0.4, 0.5) is 0 Å². The summed E-state index contributed by atoms with van der Waals surface area (Å²) in [6.07, 6.45) is 3.91. The summed E-state index contributed by atoms with van der Waals surface area (Å²) in [5.41, 5.74) is 3.85. The number of nitrogens with zero attached hydrogens (tertiary/aromatic N) is 3. The Balaban J connectivity index is 2.07. The maximum atomic E-state index is 11.5. The van der Waals surface area contributed by atoms with E-state index in [0.717, 1.165) is 28.0 Å². The molecule has 3 aromatic rings. The summed E-state index contributed by atoms with van der Waals surface area (Å²) in [6, 6.07) is 10.0. The molecule has 0 bridgehead atoms. The summed E-state index contributed by atoms with van der Waals surface area (Å²) < 4.78 is 6.78. The molecule has 0 saturated heterocycles. The molecular weight excluding hydrogens is 278 g/mol. The molecule has 3 aromatic heterocycles. The van der Waals surface area contributed by atoms with Gasteiger partial charge in [0.05, 0.1) is 19.2 Å². The molecule has 0 amide bonds. The number of hydrogen-bond acceptors (Lipinski definition) is 4. The second-order valence-corrected chi connectivity index (χ2v) is 5.11. The lowest BCUT2D eigenvalue weighted by molar-refractivity contribution is -0.140. The molecule has 0 radical (unpaired) electrons. The van der Waals surface area contributed by atoms with E-state index in [4.69, 9.17) is 4.74 Å². The fourth-order valence-corrected chi connectivity index (χ4v) is 2.48. The topological polar surface area (TPSA) is 57.0 Å². The van der Waals surface area contributed by atoms with Crippen molar-refractivity contribution in [2.24, 2.45) is 0 Å². The molecule has 0 N–H and O–H groups in total. The average Bonchev–Trinajstić information content (AvgIpc) is 2.92. The average molecular weight is 295 g/mol. The van der Waals surface area contributed by atoms with Crippen LogP contribution in [0.3, 0.4) is 0 Å². The highest BCUT2D eigenvalue weighted by atomic mass is 16.5. The standard InChI is InChI=1S/C17H17N3O2/c1-12-5-6-14(11-19-12)15-10-13-4-3-8-18-17(13)20(15)9-7-16(21)22-2/h3-6,8,10-11H,7,9H2,1-2H3. The van der Waals surface area contributed by atoms with E-state index in [1.54, 1.807) is 6.20 Å². The smallest absolute Gasteiger partial charge is 0.307 e. The van der Waals surface area contributed by atoms with Crippen LogP contribution in [0.2, 0.25) is 0 Å². The van der Waals surface area contributed by atoms with Crippen molar-refractivity contribution in [3.05, 3.63) is 48.4 Å². The Morgan fingerprint density at radius 2 is 2.14 bits per heavy atom. The van der Waals surface area contributed by atoms with Gasteiger partial charge in [-0.1, -0.05) is 0 Å². The largest absolute Gasteiger partial charge is 0.469 e. The Morgan fingerprint density at radius 1 is 1.27 bits per heavy atom. The molecule has 0 spiro atoms. The van der Waals surface area contributed by atoms with Crippen LogP contribution < -0.4 is 0 Å². The predicted octanol–water partition coefficient (Wildman–Crippen LogP) is 2.97. The highest BCUT2D eigenvalue weighted by Crippen LogP contribution is 2.27. The van der Waals surface area contributed by atoms with Crippen LogP contribution in [0.1, 0.15) is 12.1 Å². The first-order chi connectivity index (χ1) is 10.7. The lowest BCUT2D eigenvalue weighted by Crippen LogP contribution is -2.08. The number of esters is 1. The molecule has 0 aliphatic rings. The van der Waals surface area contributed by atoms with Gasteiger partial charge >= 0.3 is 5.97 Å². The molecule has 3 rings (SSSR count). The normalized spacial score (nSPS) is 10.8. The monoisotopic (exact) mass is 295 g/mol. The van der Waals surface area contributed by atoms with Crippen molar-refractivity contribution in [3.8, 4) is 11.3 Å². The van der Waals surface area contributed by atoms with Gasteiger partial charge in [0.2, 0.25) is 0 Å². The van der Waals surface area contributed by atoms with Gasteiger partial charge in [0.1, 0.15) is 5.65 Å². The Labute approximate surface area is 128 Å². The van der Waals surface area contributed by atoms with Gasteiger partial charge in [0, 0.05) is 35.6 Å². The number of hydrogen-bond donors (Lipinski definition) is 0. The summed E-state index contributed by atoms with van der Waals surface area (Å²) in [5.74, 6) is -0.231. The Kier molecular flexibility index (Phi) is 3.87. The highest BCUT2D eigenvalue weighted by Gasteiger charge is 2.13. The molecule has 0 fully saturated rings. The molecule has 0 aromatic carbocycles. The third-order valence-corrected chi connectivity index (χ3v) is 3.63. The number of pyridine rings is 2. The van der Waals surface area contributed by atoms with E-state index in [0.29, 0.717) is 13.0 Å². The molecule has 3 heterocycles. The second-order valence-electron chi connectivity index (χ2n) is 5.11. The molecule has 5 nitrogen and oxygen atoms in total. The van der Waals surface area contributed by atoms with Gasteiger partial charge in [0.25, 0.3) is 0 Å². The minimum absolute atomic E-state index is 0.231. The van der Waals surface area contributed by atoms with Gasteiger partial charge in [-0.3, -0.25) is 9.78 Å². The van der Waals surface area contributed by atoms with Gasteiger partial charge in [-0.25, -0.2) is 4.98 Å². The molecule has 0 atom stereocenters. The molecule has 112 valence electrons. The number of carbonyl (C=O) groups excluding carboxylic acids is 1. The van der Waals surface area contributed by atoms with Gasteiger partial charge in [0.15, 0.2) is 0 Å². The van der Waals surface area contributed by atoms with Crippen molar-refractivity contribution < 1.29 is 9.53 Å². The predicted molar refractivity (Wildman–Crippen MR) is 84.3 cm³/mol. The van der Waals surface area contributed by atoms with E-state index in [1.807, 2.05) is 42.0 Å². The molecule has 0 aliphatic carbocycles. The van der Waals surface area contributed by atoms with Crippen LogP contribution in [0, 0.1) is 6.92 Å². The van der Waals surface area contributed by atoms with E-state index in [1.165, 1.54) is 7.11 Å². The lowest BCUT2D eigenvalue weighted by atomic mass is 10.2. The van der Waals surface area contributed by atoms with Crippen LogP contribution in [0.15, 0.2) is 42.7 Å². The Morgan fingerprint density at radius 3 is 2.86 bits per heavy atom. The third kappa shape index (κ3) is 2.70. The number of aromatic nitrogens is 3. The maximum Gasteiger partial charge on any atom is 0.307 e. The van der Waals surface area contributed by atoms with Crippen LogP contribution in [0.5, 0.6) is 0 Å². The van der Waals surface area contributed by atoms with Crippen molar-refractivity contribution in [2.75, 3.05) is 7.11 Å². The fourth-order valence-electron chi connectivity index (χ4n) is 2.48. The molecule has 0 saturated carbocycles. The molecule has 0 aliphatic heterocycles. The zero-order valence-corrected chi connectivity index (χ0v) is 12.6. The van der Waals surface area contributed by atoms with Crippen LogP contribution in [0.25, 0.3) is 22.3 Å². The molecule has 0 unspecified atom stereocenters. The first-order valence-electron chi connectivity index (χ1n) is 7.13. The highest BCUT2D eigenvalue weighted by molar-refractivity contribution is 5.84. The second kappa shape index (κ2) is 5.97. The maximum absolute atomic E-state index is 11.5. The summed E-state index contributed by atoms with van der Waals surface area (Å²) in [5, 5.41) is 1.04. The number of methoxy groups -OCH3 is 1. The van der Waals surface area contributed by atoms with E-state index in [9.17, 15) is 4.79 Å². The first kappa shape index (κ1) is 14.3. The quantitative estimate of drug-likeness (QED) is 0.694. The number of rotatable bonds is 4. The molecule has 22 heavy (non-hydrogen) atoms. The van der Waals surface area contributed by atoms with Gasteiger partial charge < -0.3 is 9.30 Å². The number of ether oxygens (including phenoxy) is 1. The van der Waals surface area contributed by atoms with Crippen LogP contribution in [-0.4, -0.2) is 27.6 Å². The Hall–Kier alpha value is -2.69. The number of aryl methyl sites for hydroxylation is 2. The number of fused-ring (bicyclic) bond motifs is 1. The fraction of sp³-hybridized carbons (Fsp3) is 0.235. The zero-order chi connectivity index (χ0) is 15.5. The molecule has 5 heteroatoms. The summed E-state index contributed by atoms with van der Waals surface area (Å²) in [7, 11) is 1.40. The summed E-state index contributed by atoms with van der Waals surface area (Å²) in [6.45, 7) is 2.48. The van der Waals surface area contributed by atoms with E-state index >= 15 is 0 Å². The van der Waals surface area contributed by atoms with Crippen molar-refractivity contribution in [3.63, 3.8) is 0 Å². The molecular formula is C17H17N3O2. The summed E-state index contributed by atoms with van der Waals surface area (Å²) in [4.78, 5) is 20.3. The van der Waals surface area contributed by atoms with Crippen molar-refractivity contribution in [1.29, 1.82) is 0 Å². The van der Waals surface area contributed by atoms with E-state index in [2.05, 4.69) is 16.0 Å². The summed E-state index contributed by atoms with van der Waals surface area (Å²) >= 11 is 0. The van der Waals surface area contributed by atoms with E-state index in [-0.39, 0.29) is 5.97 Å². The lowest BCUT2D eigenvalue weighted by Gasteiger charge is -2.09. The van der Waals surface area contributed by atoms with E-state index < -0.39 is 0 Å². The Bertz CT molecular complexity index is 806. The third-order valence-electron chi connectivity index (χ3n) is 3.63. The van der Waals surface area contributed by atoms with Crippen molar-refractivity contribution in [2.45, 2.75) is 19.9 Å². The van der Waals surface area contributed by atoms with Crippen LogP contribution in [-0.2, 0) is 16.1 Å². The first-order valence-corrected chi connectivity index (χ1v) is 7.13. The van der Waals surface area contributed by atoms with Gasteiger partial charge in [-0.2, -0.15) is 0 Å². The van der Waals surface area contributed by atoms with Crippen LogP contribution >= 0.6 is 0 Å². The minimum Gasteiger partial charge on any atom is -0.469 e. The van der Waals surface area contributed by atoms with Crippen molar-refractivity contribution >= 4 is 17.0 Å².